The standard InChI is InChI=1S/C19H17N3O5S/c20-10-12-3-4-14(27-12)18(24)22-19-21-15(13-2-1-7-26-13)17(28-19)16(23)11-5-8-25-9-6-11/h1-4,7,11,19,21H,5-6,8-9H2,(H,22,24). The van der Waals surface area contributed by atoms with E-state index in [0.29, 0.717) is 42.4 Å². The summed E-state index contributed by atoms with van der Waals surface area (Å²) in [6, 6.07) is 8.20. The van der Waals surface area contributed by atoms with Gasteiger partial charge in [-0.25, -0.2) is 0 Å². The fraction of sp³-hybridized carbons (Fsp3) is 0.316. The number of furan rings is 2. The van der Waals surface area contributed by atoms with Gasteiger partial charge in [0.05, 0.1) is 16.9 Å². The summed E-state index contributed by atoms with van der Waals surface area (Å²) in [6.45, 7) is 1.13. The maximum absolute atomic E-state index is 13.1. The van der Waals surface area contributed by atoms with Crippen LogP contribution in [0.5, 0.6) is 0 Å². The Kier molecular flexibility index (Phi) is 5.23. The van der Waals surface area contributed by atoms with Crippen LogP contribution >= 0.6 is 11.8 Å². The second-order valence-corrected chi connectivity index (χ2v) is 7.44. The van der Waals surface area contributed by atoms with Crippen molar-refractivity contribution in [1.29, 1.82) is 5.26 Å². The van der Waals surface area contributed by atoms with Crippen molar-refractivity contribution < 1.29 is 23.2 Å². The number of amides is 1. The molecule has 28 heavy (non-hydrogen) atoms. The normalized spacial score (nSPS) is 19.9. The Morgan fingerprint density at radius 3 is 2.75 bits per heavy atom. The third kappa shape index (κ3) is 3.69. The van der Waals surface area contributed by atoms with E-state index < -0.39 is 11.4 Å². The fourth-order valence-corrected chi connectivity index (χ4v) is 4.25. The van der Waals surface area contributed by atoms with E-state index in [-0.39, 0.29) is 23.2 Å². The highest BCUT2D eigenvalue weighted by atomic mass is 32.2. The van der Waals surface area contributed by atoms with E-state index in [0.717, 1.165) is 0 Å². The Bertz CT molecular complexity index is 951. The lowest BCUT2D eigenvalue weighted by atomic mass is 9.94. The lowest BCUT2D eigenvalue weighted by molar-refractivity contribution is -0.121. The van der Waals surface area contributed by atoms with Gasteiger partial charge in [0.25, 0.3) is 5.91 Å². The first-order valence-corrected chi connectivity index (χ1v) is 9.68. The number of thioether (sulfide) groups is 1. The summed E-state index contributed by atoms with van der Waals surface area (Å²) in [6.07, 6.45) is 2.88. The number of nitrogens with zero attached hydrogens (tertiary/aromatic N) is 1. The molecule has 2 aliphatic rings. The molecule has 0 aliphatic carbocycles. The molecule has 9 heteroatoms. The van der Waals surface area contributed by atoms with Crippen LogP contribution in [-0.2, 0) is 9.53 Å². The third-order valence-corrected chi connectivity index (χ3v) is 5.64. The number of ketones is 1. The van der Waals surface area contributed by atoms with Gasteiger partial charge in [0.15, 0.2) is 22.8 Å². The average molecular weight is 399 g/mol. The molecule has 1 amide bonds. The minimum absolute atomic E-state index is 0.0220. The number of rotatable bonds is 5. The first kappa shape index (κ1) is 18.4. The molecule has 4 heterocycles. The van der Waals surface area contributed by atoms with Crippen molar-refractivity contribution in [3.05, 3.63) is 52.7 Å². The molecular weight excluding hydrogens is 382 g/mol. The van der Waals surface area contributed by atoms with Crippen molar-refractivity contribution in [3.8, 4) is 6.07 Å². The molecule has 8 nitrogen and oxygen atoms in total. The summed E-state index contributed by atoms with van der Waals surface area (Å²) >= 11 is 1.23. The van der Waals surface area contributed by atoms with Gasteiger partial charge in [-0.1, -0.05) is 11.8 Å². The molecule has 0 aromatic carbocycles. The van der Waals surface area contributed by atoms with Gasteiger partial charge >= 0.3 is 0 Å². The molecule has 1 atom stereocenters. The average Bonchev–Trinajstić information content (AvgIpc) is 3.47. The van der Waals surface area contributed by atoms with Gasteiger partial charge in [-0.3, -0.25) is 9.59 Å². The number of carbonyl (C=O) groups is 2. The predicted molar refractivity (Wildman–Crippen MR) is 99.6 cm³/mol. The number of nitrogens with one attached hydrogen (secondary N) is 2. The van der Waals surface area contributed by atoms with E-state index in [1.165, 1.54) is 30.2 Å². The van der Waals surface area contributed by atoms with Gasteiger partial charge in [-0.05, 0) is 37.1 Å². The highest BCUT2D eigenvalue weighted by Gasteiger charge is 2.35. The Labute approximate surface area is 164 Å². The van der Waals surface area contributed by atoms with E-state index in [1.807, 2.05) is 6.07 Å². The monoisotopic (exact) mass is 399 g/mol. The molecule has 2 N–H and O–H groups in total. The molecule has 144 valence electrons. The second kappa shape index (κ2) is 7.96. The smallest absolute Gasteiger partial charge is 0.289 e. The molecule has 1 fully saturated rings. The van der Waals surface area contributed by atoms with Crippen LogP contribution in [0.3, 0.4) is 0 Å². The van der Waals surface area contributed by atoms with Crippen molar-refractivity contribution in [1.82, 2.24) is 10.6 Å². The third-order valence-electron chi connectivity index (χ3n) is 4.52. The van der Waals surface area contributed by atoms with Crippen molar-refractivity contribution in [2.75, 3.05) is 13.2 Å². The molecule has 2 aromatic heterocycles. The lowest BCUT2D eigenvalue weighted by Gasteiger charge is -2.21. The van der Waals surface area contributed by atoms with Crippen LogP contribution in [0.4, 0.5) is 0 Å². The van der Waals surface area contributed by atoms with Crippen LogP contribution < -0.4 is 10.6 Å². The molecule has 1 unspecified atom stereocenters. The molecule has 0 saturated carbocycles. The minimum Gasteiger partial charge on any atom is -0.463 e. The number of ether oxygens (including phenoxy) is 1. The van der Waals surface area contributed by atoms with E-state index >= 15 is 0 Å². The van der Waals surface area contributed by atoms with Crippen LogP contribution in [0.2, 0.25) is 0 Å². The number of nitriles is 1. The van der Waals surface area contributed by atoms with Crippen LogP contribution in [-0.4, -0.2) is 30.4 Å². The molecule has 0 spiro atoms. The second-order valence-electron chi connectivity index (χ2n) is 6.32. The van der Waals surface area contributed by atoms with Crippen LogP contribution in [0.1, 0.15) is 34.9 Å². The summed E-state index contributed by atoms with van der Waals surface area (Å²) in [5.41, 5.74) is -0.00373. The maximum atomic E-state index is 13.1. The summed E-state index contributed by atoms with van der Waals surface area (Å²) in [7, 11) is 0. The largest absolute Gasteiger partial charge is 0.463 e. The molecule has 0 radical (unpaired) electrons. The Morgan fingerprint density at radius 2 is 2.07 bits per heavy atom. The van der Waals surface area contributed by atoms with Crippen molar-refractivity contribution >= 4 is 29.1 Å². The highest BCUT2D eigenvalue weighted by molar-refractivity contribution is 8.05. The van der Waals surface area contributed by atoms with Gasteiger partial charge in [0.2, 0.25) is 5.76 Å². The van der Waals surface area contributed by atoms with Crippen molar-refractivity contribution in [2.24, 2.45) is 5.92 Å². The topological polar surface area (TPSA) is 118 Å². The first-order valence-electron chi connectivity index (χ1n) is 8.80. The molecule has 0 bridgehead atoms. The zero-order valence-electron chi connectivity index (χ0n) is 14.8. The van der Waals surface area contributed by atoms with Gasteiger partial charge in [-0.2, -0.15) is 5.26 Å². The molecular formula is C19H17N3O5S. The Morgan fingerprint density at radius 1 is 1.25 bits per heavy atom. The van der Waals surface area contributed by atoms with Gasteiger partial charge in [0.1, 0.15) is 6.07 Å². The maximum Gasteiger partial charge on any atom is 0.289 e. The van der Waals surface area contributed by atoms with Crippen molar-refractivity contribution in [3.63, 3.8) is 0 Å². The number of allylic oxidation sites excluding steroid dienone is 1. The summed E-state index contributed by atoms with van der Waals surface area (Å²) < 4.78 is 16.0. The predicted octanol–water partition coefficient (Wildman–Crippen LogP) is 2.46. The number of Topliss-reactive ketones (excluding diaryl/α,β-unsaturated/α-hetero) is 1. The molecule has 2 aromatic rings. The van der Waals surface area contributed by atoms with Crippen LogP contribution in [0.15, 0.2) is 44.3 Å². The van der Waals surface area contributed by atoms with Gasteiger partial charge in [-0.15, -0.1) is 0 Å². The van der Waals surface area contributed by atoms with Crippen molar-refractivity contribution in [2.45, 2.75) is 18.3 Å². The number of carbonyl (C=O) groups excluding carboxylic acids is 2. The Hall–Kier alpha value is -2.96. The summed E-state index contributed by atoms with van der Waals surface area (Å²) in [5.74, 6) is 0.0496. The van der Waals surface area contributed by atoms with Crippen LogP contribution in [0.25, 0.3) is 5.70 Å². The van der Waals surface area contributed by atoms with Gasteiger partial charge < -0.3 is 24.2 Å². The number of hydrogen-bond acceptors (Lipinski definition) is 8. The van der Waals surface area contributed by atoms with E-state index in [9.17, 15) is 9.59 Å². The Balaban J connectivity index is 1.51. The lowest BCUT2D eigenvalue weighted by Crippen LogP contribution is -2.39. The molecule has 2 aliphatic heterocycles. The summed E-state index contributed by atoms with van der Waals surface area (Å²) in [4.78, 5) is 26.0. The zero-order chi connectivity index (χ0) is 19.5. The highest BCUT2D eigenvalue weighted by Crippen LogP contribution is 2.38. The van der Waals surface area contributed by atoms with E-state index in [2.05, 4.69) is 10.6 Å². The van der Waals surface area contributed by atoms with Gasteiger partial charge in [0, 0.05) is 19.1 Å². The van der Waals surface area contributed by atoms with Crippen LogP contribution in [0, 0.1) is 17.2 Å². The van der Waals surface area contributed by atoms with E-state index in [4.69, 9.17) is 18.8 Å². The fourth-order valence-electron chi connectivity index (χ4n) is 3.11. The quantitative estimate of drug-likeness (QED) is 0.787. The number of hydrogen-bond donors (Lipinski definition) is 2. The molecule has 1 saturated heterocycles. The molecule has 4 rings (SSSR count). The first-order chi connectivity index (χ1) is 13.7. The SMILES string of the molecule is N#Cc1ccc(C(=O)NC2NC(c3ccco3)=C(C(=O)C3CCOCC3)S2)o1. The minimum atomic E-state index is -0.568. The summed E-state index contributed by atoms with van der Waals surface area (Å²) in [5, 5.41) is 14.7. The van der Waals surface area contributed by atoms with E-state index in [1.54, 1.807) is 12.1 Å². The zero-order valence-corrected chi connectivity index (χ0v) is 15.6.